The second kappa shape index (κ2) is 7.98. The van der Waals surface area contributed by atoms with Gasteiger partial charge in [0.05, 0.1) is 11.2 Å². The first-order valence-electron chi connectivity index (χ1n) is 9.69. The van der Waals surface area contributed by atoms with Crippen molar-refractivity contribution in [2.45, 2.75) is 31.5 Å². The van der Waals surface area contributed by atoms with Crippen LogP contribution in [0.15, 0.2) is 30.5 Å². The van der Waals surface area contributed by atoms with E-state index in [1.165, 1.54) is 17.6 Å². The maximum absolute atomic E-state index is 13.2. The molecule has 0 spiro atoms. The zero-order chi connectivity index (χ0) is 21.3. The molecule has 1 aliphatic rings. The second-order valence-electron chi connectivity index (χ2n) is 7.33. The number of hydrogen-bond donors (Lipinski definition) is 3. The third kappa shape index (κ3) is 4.25. The summed E-state index contributed by atoms with van der Waals surface area (Å²) in [5.41, 5.74) is -0.754. The largest absolute Gasteiger partial charge is 0.437 e. The van der Waals surface area contributed by atoms with Gasteiger partial charge in [-0.1, -0.05) is 6.42 Å². The molecule has 3 aromatic heterocycles. The predicted molar refractivity (Wildman–Crippen MR) is 105 cm³/mol. The first-order chi connectivity index (χ1) is 14.3. The highest BCUT2D eigenvalue weighted by molar-refractivity contribution is 6.04. The summed E-state index contributed by atoms with van der Waals surface area (Å²) < 4.78 is 41.9. The van der Waals surface area contributed by atoms with Crippen molar-refractivity contribution in [2.24, 2.45) is 7.05 Å². The number of amides is 1. The normalized spacial score (nSPS) is 17.7. The van der Waals surface area contributed by atoms with Gasteiger partial charge in [0.1, 0.15) is 11.5 Å². The van der Waals surface area contributed by atoms with Gasteiger partial charge in [-0.05, 0) is 43.7 Å². The smallest absolute Gasteiger partial charge is 0.365 e. The molecule has 0 saturated carbocycles. The average Bonchev–Trinajstić information content (AvgIpc) is 3.17. The number of hydrogen-bond acceptors (Lipinski definition) is 5. The molecular formula is C19H22F3N7O. The summed E-state index contributed by atoms with van der Waals surface area (Å²) in [7, 11) is 1.36. The van der Waals surface area contributed by atoms with E-state index in [0.29, 0.717) is 11.3 Å². The molecule has 1 amide bonds. The van der Waals surface area contributed by atoms with E-state index < -0.39 is 23.5 Å². The molecule has 8 nitrogen and oxygen atoms in total. The molecule has 1 unspecified atom stereocenters. The summed E-state index contributed by atoms with van der Waals surface area (Å²) in [6.45, 7) is 1.81. The number of fused-ring (bicyclic) bond motifs is 1. The Kier molecular flexibility index (Phi) is 5.37. The highest BCUT2D eigenvalue weighted by atomic mass is 19.4. The number of carbonyl (C=O) groups excluding carboxylic acids is 1. The quantitative estimate of drug-likeness (QED) is 0.603. The number of nitrogens with zero attached hydrogens (tertiary/aromatic N) is 4. The lowest BCUT2D eigenvalue weighted by Gasteiger charge is -2.17. The molecule has 4 rings (SSSR count). The Balaban J connectivity index is 1.57. The van der Waals surface area contributed by atoms with E-state index in [4.69, 9.17) is 0 Å². The van der Waals surface area contributed by atoms with E-state index in [-0.39, 0.29) is 11.7 Å². The standard InChI is InChI=1S/C19H22F3N7O/c1-28-11-14(17(27-28)19(20,21)22)25-18(30)15-7-5-13-6-8-16(26-29(13)15)24-12-4-2-3-9-23-10-12/h5-8,11-12,23H,2-4,9-10H2,1H3,(H,24,26)(H,25,30). The van der Waals surface area contributed by atoms with Gasteiger partial charge in [-0.3, -0.25) is 9.48 Å². The summed E-state index contributed by atoms with van der Waals surface area (Å²) in [6.07, 6.45) is -0.312. The Hall–Kier alpha value is -3.08. The van der Waals surface area contributed by atoms with Crippen molar-refractivity contribution in [3.8, 4) is 0 Å². The van der Waals surface area contributed by atoms with Gasteiger partial charge in [0.25, 0.3) is 5.91 Å². The van der Waals surface area contributed by atoms with Crippen molar-refractivity contribution >= 4 is 22.9 Å². The lowest BCUT2D eigenvalue weighted by molar-refractivity contribution is -0.140. The first kappa shape index (κ1) is 20.2. The molecule has 3 aromatic rings. The highest BCUT2D eigenvalue weighted by Gasteiger charge is 2.37. The summed E-state index contributed by atoms with van der Waals surface area (Å²) in [5.74, 6) is -0.104. The first-order valence-corrected chi connectivity index (χ1v) is 9.69. The Morgan fingerprint density at radius 1 is 1.20 bits per heavy atom. The fourth-order valence-electron chi connectivity index (χ4n) is 3.56. The van der Waals surface area contributed by atoms with E-state index in [1.807, 2.05) is 12.1 Å². The summed E-state index contributed by atoms with van der Waals surface area (Å²) in [6, 6.07) is 7.06. The van der Waals surface area contributed by atoms with Crippen LogP contribution in [0.2, 0.25) is 0 Å². The molecule has 0 radical (unpaired) electrons. The number of anilines is 2. The van der Waals surface area contributed by atoms with Gasteiger partial charge >= 0.3 is 6.18 Å². The van der Waals surface area contributed by atoms with Gasteiger partial charge < -0.3 is 16.0 Å². The van der Waals surface area contributed by atoms with Crippen LogP contribution in [0.5, 0.6) is 0 Å². The predicted octanol–water partition coefficient (Wildman–Crippen LogP) is 2.89. The van der Waals surface area contributed by atoms with Crippen LogP contribution in [0.3, 0.4) is 0 Å². The van der Waals surface area contributed by atoms with Crippen LogP contribution >= 0.6 is 0 Å². The van der Waals surface area contributed by atoms with E-state index in [2.05, 4.69) is 26.1 Å². The van der Waals surface area contributed by atoms with Crippen LogP contribution in [0, 0.1) is 0 Å². The molecule has 1 fully saturated rings. The third-order valence-electron chi connectivity index (χ3n) is 4.98. The molecule has 160 valence electrons. The Morgan fingerprint density at radius 3 is 2.80 bits per heavy atom. The lowest BCUT2D eigenvalue weighted by Crippen LogP contribution is -2.31. The number of alkyl halides is 3. The maximum Gasteiger partial charge on any atom is 0.437 e. The van der Waals surface area contributed by atoms with Crippen LogP contribution in [0.25, 0.3) is 5.52 Å². The van der Waals surface area contributed by atoms with Crippen molar-refractivity contribution in [1.29, 1.82) is 0 Å². The number of aryl methyl sites for hydroxylation is 1. The van der Waals surface area contributed by atoms with E-state index in [9.17, 15) is 18.0 Å². The number of rotatable bonds is 4. The van der Waals surface area contributed by atoms with Crippen LogP contribution in [-0.2, 0) is 13.2 Å². The molecule has 0 bridgehead atoms. The molecule has 0 aromatic carbocycles. The van der Waals surface area contributed by atoms with Crippen LogP contribution < -0.4 is 16.0 Å². The Morgan fingerprint density at radius 2 is 2.00 bits per heavy atom. The number of nitrogens with one attached hydrogen (secondary N) is 3. The van der Waals surface area contributed by atoms with Crippen molar-refractivity contribution in [1.82, 2.24) is 24.7 Å². The van der Waals surface area contributed by atoms with Gasteiger partial charge in [-0.2, -0.15) is 18.3 Å². The second-order valence-corrected chi connectivity index (χ2v) is 7.33. The molecular weight excluding hydrogens is 399 g/mol. The van der Waals surface area contributed by atoms with Crippen molar-refractivity contribution < 1.29 is 18.0 Å². The minimum absolute atomic E-state index is 0.129. The van der Waals surface area contributed by atoms with Crippen molar-refractivity contribution in [3.63, 3.8) is 0 Å². The minimum atomic E-state index is -4.67. The number of halogens is 3. The van der Waals surface area contributed by atoms with E-state index in [0.717, 1.165) is 43.2 Å². The molecule has 3 N–H and O–H groups in total. The molecule has 1 saturated heterocycles. The zero-order valence-electron chi connectivity index (χ0n) is 16.3. The van der Waals surface area contributed by atoms with E-state index in [1.54, 1.807) is 6.07 Å². The van der Waals surface area contributed by atoms with Crippen molar-refractivity contribution in [3.05, 3.63) is 41.9 Å². The van der Waals surface area contributed by atoms with Gasteiger partial charge in [0.15, 0.2) is 5.69 Å². The molecule has 30 heavy (non-hydrogen) atoms. The van der Waals surface area contributed by atoms with Crippen molar-refractivity contribution in [2.75, 3.05) is 23.7 Å². The maximum atomic E-state index is 13.2. The van der Waals surface area contributed by atoms with Gasteiger partial charge in [0.2, 0.25) is 0 Å². The minimum Gasteiger partial charge on any atom is -0.365 e. The van der Waals surface area contributed by atoms with Crippen LogP contribution in [0.4, 0.5) is 24.7 Å². The molecule has 1 aliphatic heterocycles. The zero-order valence-corrected chi connectivity index (χ0v) is 16.3. The van der Waals surface area contributed by atoms with Gasteiger partial charge in [-0.25, -0.2) is 4.52 Å². The molecule has 1 atom stereocenters. The van der Waals surface area contributed by atoms with Crippen LogP contribution in [0.1, 0.15) is 35.4 Å². The monoisotopic (exact) mass is 421 g/mol. The van der Waals surface area contributed by atoms with Gasteiger partial charge in [-0.15, -0.1) is 5.10 Å². The lowest BCUT2D eigenvalue weighted by atomic mass is 10.1. The van der Waals surface area contributed by atoms with Crippen LogP contribution in [-0.4, -0.2) is 44.4 Å². The molecule has 11 heteroatoms. The molecule has 0 aliphatic carbocycles. The Labute approximate surface area is 170 Å². The summed E-state index contributed by atoms with van der Waals surface area (Å²) >= 11 is 0. The fraction of sp³-hybridized carbons (Fsp3) is 0.421. The third-order valence-corrected chi connectivity index (χ3v) is 4.98. The topological polar surface area (TPSA) is 88.3 Å². The molecule has 4 heterocycles. The average molecular weight is 421 g/mol. The summed E-state index contributed by atoms with van der Waals surface area (Å²) in [4.78, 5) is 12.7. The van der Waals surface area contributed by atoms with E-state index >= 15 is 0 Å². The number of carbonyl (C=O) groups is 1. The summed E-state index contributed by atoms with van der Waals surface area (Å²) in [5, 5.41) is 16.9. The fourth-order valence-corrected chi connectivity index (χ4v) is 3.56. The SMILES string of the molecule is Cn1cc(NC(=O)c2ccc3ccc(NC4CCCCNC4)nn23)c(C(F)(F)F)n1. The highest BCUT2D eigenvalue weighted by Crippen LogP contribution is 2.33. The van der Waals surface area contributed by atoms with Gasteiger partial charge in [0, 0.05) is 25.8 Å². The Bertz CT molecular complexity index is 1050. The number of aromatic nitrogens is 4.